The van der Waals surface area contributed by atoms with E-state index in [1.165, 1.54) is 58.6 Å². The van der Waals surface area contributed by atoms with Crippen molar-refractivity contribution in [1.29, 1.82) is 0 Å². The van der Waals surface area contributed by atoms with Crippen LogP contribution >= 0.6 is 0 Å². The zero-order chi connectivity index (χ0) is 42.5. The molecule has 2 N–H and O–H groups in total. The van der Waals surface area contributed by atoms with Crippen LogP contribution in [0, 0.1) is 23.3 Å². The second kappa shape index (κ2) is 22.2. The van der Waals surface area contributed by atoms with Crippen molar-refractivity contribution >= 4 is 52.5 Å². The van der Waals surface area contributed by atoms with Crippen molar-refractivity contribution in [2.45, 2.75) is 58.8 Å². The van der Waals surface area contributed by atoms with Gasteiger partial charge in [0.25, 0.3) is 0 Å². The Balaban J connectivity index is 0.000000214. The molecule has 7 rings (SSSR count). The first-order valence-corrected chi connectivity index (χ1v) is 18.6. The maximum Gasteiger partial charge on any atom is 0.414 e. The molecule has 0 aliphatic carbocycles. The zero-order valence-electron chi connectivity index (χ0n) is 31.9. The third kappa shape index (κ3) is 12.9. The molecule has 0 bridgehead atoms. The molecule has 14 nitrogen and oxygen atoms in total. The fraction of sp³-hybridized carbons (Fsp3) is 0.357. The first-order chi connectivity index (χ1) is 28.4. The van der Waals surface area contributed by atoms with Crippen LogP contribution in [0.25, 0.3) is 0 Å². The average molecular weight is 843 g/mol. The van der Waals surface area contributed by atoms with Crippen molar-refractivity contribution in [3.63, 3.8) is 0 Å². The molecular formula is C42H46F4N4O10. The van der Waals surface area contributed by atoms with Gasteiger partial charge in [-0.3, -0.25) is 24.6 Å². The monoisotopic (exact) mass is 842 g/mol. The van der Waals surface area contributed by atoms with Gasteiger partial charge in [0.1, 0.15) is 25.4 Å². The summed E-state index contributed by atoms with van der Waals surface area (Å²) in [4.78, 5) is 60.3. The predicted octanol–water partition coefficient (Wildman–Crippen LogP) is 6.95. The summed E-state index contributed by atoms with van der Waals surface area (Å²) in [6.07, 6.45) is 4.95. The number of esters is 1. The number of rotatable bonds is 11. The highest BCUT2D eigenvalue weighted by Crippen LogP contribution is 2.33. The van der Waals surface area contributed by atoms with Gasteiger partial charge in [0.2, 0.25) is 0 Å². The second-order valence-corrected chi connectivity index (χ2v) is 13.3. The topological polar surface area (TPSA) is 168 Å². The van der Waals surface area contributed by atoms with E-state index in [4.69, 9.17) is 24.1 Å². The van der Waals surface area contributed by atoms with Crippen LogP contribution in [0.15, 0.2) is 79.1 Å². The van der Waals surface area contributed by atoms with Gasteiger partial charge < -0.3 is 33.9 Å². The summed E-state index contributed by atoms with van der Waals surface area (Å²) in [5.41, 5.74) is 0.192. The van der Waals surface area contributed by atoms with Crippen molar-refractivity contribution in [3.05, 3.63) is 108 Å². The van der Waals surface area contributed by atoms with E-state index in [0.29, 0.717) is 13.0 Å². The van der Waals surface area contributed by atoms with Crippen LogP contribution in [0.4, 0.5) is 49.9 Å². The molecule has 4 heterocycles. The van der Waals surface area contributed by atoms with E-state index in [-0.39, 0.29) is 92.9 Å². The summed E-state index contributed by atoms with van der Waals surface area (Å²) in [7, 11) is 0. The Morgan fingerprint density at radius 2 is 1.37 bits per heavy atom. The number of anilines is 4. The van der Waals surface area contributed by atoms with E-state index < -0.39 is 48.2 Å². The lowest BCUT2D eigenvalue weighted by molar-refractivity contribution is -0.144. The van der Waals surface area contributed by atoms with Crippen molar-refractivity contribution in [2.24, 2.45) is 0 Å². The minimum absolute atomic E-state index is 0. The van der Waals surface area contributed by atoms with Gasteiger partial charge in [-0.15, -0.1) is 0 Å². The molecule has 4 aliphatic heterocycles. The summed E-state index contributed by atoms with van der Waals surface area (Å²) in [5, 5.41) is 11.2. The molecule has 2 saturated heterocycles. The number of carbonyl (C=O) groups excluding carboxylic acids is 5. The zero-order valence-corrected chi connectivity index (χ0v) is 31.9. The highest BCUT2D eigenvalue weighted by molar-refractivity contribution is 5.93. The third-order valence-electron chi connectivity index (χ3n) is 8.91. The Kier molecular flexibility index (Phi) is 17.2. The van der Waals surface area contributed by atoms with Crippen LogP contribution in [-0.4, -0.2) is 86.5 Å². The lowest BCUT2D eigenvalue weighted by Crippen LogP contribution is -2.28. The number of epoxide rings is 1. The van der Waals surface area contributed by atoms with Crippen molar-refractivity contribution in [1.82, 2.24) is 0 Å². The summed E-state index contributed by atoms with van der Waals surface area (Å²) < 4.78 is 76.8. The number of aliphatic hydroxyl groups excluding tert-OH is 1. The summed E-state index contributed by atoms with van der Waals surface area (Å²) in [5.74, 6) is -4.84. The molecule has 2 atom stereocenters. The number of hydrogen-bond acceptors (Lipinski definition) is 12. The van der Waals surface area contributed by atoms with Crippen molar-refractivity contribution < 1.29 is 65.6 Å². The molecule has 60 heavy (non-hydrogen) atoms. The Morgan fingerprint density at radius 3 is 1.90 bits per heavy atom. The first kappa shape index (κ1) is 46.4. The van der Waals surface area contributed by atoms with Crippen molar-refractivity contribution in [3.8, 4) is 0 Å². The van der Waals surface area contributed by atoms with Crippen molar-refractivity contribution in [2.75, 3.05) is 59.5 Å². The number of benzene rings is 3. The molecular weight excluding hydrogens is 796 g/mol. The fourth-order valence-electron chi connectivity index (χ4n) is 5.65. The molecule has 0 radical (unpaired) electrons. The number of aliphatic hydroxyl groups is 1. The summed E-state index contributed by atoms with van der Waals surface area (Å²) in [6.45, 7) is 3.23. The van der Waals surface area contributed by atoms with Gasteiger partial charge >= 0.3 is 18.2 Å². The number of ketones is 2. The number of allylic oxidation sites excluding steroid dienone is 2. The standard InChI is InChI=1S/C19H16F2N2O3.C15H14F2N2O4.C7H12O3.CH4/c20-17-15(22-19(25)26-12-13-4-2-1-3-5-13)6-7-16(18(17)21)23-10-8-14(24)9-11-23;16-13-11(18-5-3-9(21)4-6-18)1-2-12(14(13)17)19-7-10(8-20)23-15(19)22;1-2-3-7(8)10-5-6-4-9-6;/h1-8,10H,9,11-12H2,(H,22,25);1-3,5,10,20H,4,6-8H2;6H,2-5H2,1H3;1H4/t;10-;6-;/m.11./s1. The van der Waals surface area contributed by atoms with Gasteiger partial charge in [-0.1, -0.05) is 44.7 Å². The Hall–Kier alpha value is -6.27. The van der Waals surface area contributed by atoms with Crippen LogP contribution in [0.3, 0.4) is 0 Å². The molecule has 3 aromatic rings. The summed E-state index contributed by atoms with van der Waals surface area (Å²) >= 11 is 0. The predicted molar refractivity (Wildman–Crippen MR) is 212 cm³/mol. The highest BCUT2D eigenvalue weighted by Gasteiger charge is 2.35. The normalized spacial score (nSPS) is 17.7. The third-order valence-corrected chi connectivity index (χ3v) is 8.91. The van der Waals surface area contributed by atoms with Crippen LogP contribution in [0.2, 0.25) is 0 Å². The lowest BCUT2D eigenvalue weighted by atomic mass is 10.1. The molecule has 0 aromatic heterocycles. The van der Waals surface area contributed by atoms with Gasteiger partial charge in [-0.25, -0.2) is 27.2 Å². The van der Waals surface area contributed by atoms with Gasteiger partial charge in [-0.2, -0.15) is 0 Å². The van der Waals surface area contributed by atoms with E-state index in [2.05, 4.69) is 5.32 Å². The SMILES string of the molecule is C.CCCC(=O)OC[C@H]1CO1.O=C1C=CN(c2ccc(N3C[C@H](CO)OC3=O)c(F)c2F)CC1.O=C1C=CN(c2ccc(NC(=O)OCc3ccccc3)c(F)c2F)CC1. The number of cyclic esters (lactones) is 1. The smallest absolute Gasteiger partial charge is 0.414 e. The molecule has 0 spiro atoms. The minimum atomic E-state index is -1.19. The average Bonchev–Trinajstić information content (AvgIpc) is 4.00. The number of nitrogens with zero attached hydrogens (tertiary/aromatic N) is 3. The number of halogens is 4. The van der Waals surface area contributed by atoms with Crippen LogP contribution < -0.4 is 20.0 Å². The van der Waals surface area contributed by atoms with Crippen LogP contribution in [0.1, 0.15) is 45.6 Å². The van der Waals surface area contributed by atoms with E-state index in [0.717, 1.165) is 23.5 Å². The molecule has 0 saturated carbocycles. The Morgan fingerprint density at radius 1 is 0.800 bits per heavy atom. The van der Waals surface area contributed by atoms with Crippen LogP contribution in [0.5, 0.6) is 0 Å². The first-order valence-electron chi connectivity index (χ1n) is 18.6. The highest BCUT2D eigenvalue weighted by atomic mass is 19.2. The maximum atomic E-state index is 14.3. The molecule has 0 unspecified atom stereocenters. The number of amides is 2. The second-order valence-electron chi connectivity index (χ2n) is 13.3. The molecule has 2 fully saturated rings. The van der Waals surface area contributed by atoms with Gasteiger partial charge in [0, 0.05) is 44.8 Å². The number of ether oxygens (including phenoxy) is 4. The maximum absolute atomic E-state index is 14.3. The van der Waals surface area contributed by atoms with E-state index in [1.807, 2.05) is 13.0 Å². The molecule has 4 aliphatic rings. The van der Waals surface area contributed by atoms with Gasteiger partial charge in [0.05, 0.1) is 42.5 Å². The Labute approximate surface area is 343 Å². The van der Waals surface area contributed by atoms with E-state index in [9.17, 15) is 41.5 Å². The minimum Gasteiger partial charge on any atom is -0.463 e. The number of nitrogens with one attached hydrogen (secondary N) is 1. The summed E-state index contributed by atoms with van der Waals surface area (Å²) in [6, 6.07) is 14.2. The van der Waals surface area contributed by atoms with Gasteiger partial charge in [0.15, 0.2) is 34.8 Å². The van der Waals surface area contributed by atoms with E-state index in [1.54, 1.807) is 24.3 Å². The molecule has 18 heteroatoms. The van der Waals surface area contributed by atoms with Gasteiger partial charge in [-0.05, 0) is 48.4 Å². The number of carbonyl (C=O) groups is 5. The number of hydrogen-bond donors (Lipinski definition) is 2. The lowest BCUT2D eigenvalue weighted by Gasteiger charge is -2.24. The molecule has 322 valence electrons. The van der Waals surface area contributed by atoms with Crippen LogP contribution in [-0.2, 0) is 39.9 Å². The van der Waals surface area contributed by atoms with E-state index >= 15 is 0 Å². The fourth-order valence-corrected chi connectivity index (χ4v) is 5.65. The quantitative estimate of drug-likeness (QED) is 0.0885. The largest absolute Gasteiger partial charge is 0.463 e. The molecule has 2 amide bonds. The molecule has 3 aromatic carbocycles. The Bertz CT molecular complexity index is 2070.